The van der Waals surface area contributed by atoms with E-state index >= 15 is 0 Å². The van der Waals surface area contributed by atoms with E-state index in [1.54, 1.807) is 9.80 Å². The van der Waals surface area contributed by atoms with Gasteiger partial charge in [-0.3, -0.25) is 9.59 Å². The number of carbonyl (C=O) groups excluding carboxylic acids is 2. The van der Waals surface area contributed by atoms with Crippen LogP contribution in [0.5, 0.6) is 0 Å². The molecule has 1 aromatic heterocycles. The average molecular weight is 502 g/mol. The molecule has 1 heterocycles. The van der Waals surface area contributed by atoms with Gasteiger partial charge in [0.1, 0.15) is 0 Å². The minimum absolute atomic E-state index is 0.0608. The summed E-state index contributed by atoms with van der Waals surface area (Å²) in [5.41, 5.74) is 1.93. The van der Waals surface area contributed by atoms with Crippen molar-refractivity contribution in [2.24, 2.45) is 0 Å². The van der Waals surface area contributed by atoms with Gasteiger partial charge in [-0.1, -0.05) is 43.7 Å². The minimum Gasteiger partial charge on any atom is -0.361 e. The van der Waals surface area contributed by atoms with Crippen molar-refractivity contribution in [3.05, 3.63) is 71.4 Å². The fourth-order valence-corrected chi connectivity index (χ4v) is 4.18. The summed E-state index contributed by atoms with van der Waals surface area (Å²) in [5, 5.41) is 1.07. The van der Waals surface area contributed by atoms with Crippen LogP contribution in [0.4, 0.5) is 13.2 Å². The Hall–Kier alpha value is -3.29. The number of hydrogen-bond donors (Lipinski definition) is 1. The summed E-state index contributed by atoms with van der Waals surface area (Å²) in [7, 11) is 0. The molecular formula is C28H34F3N3O2. The molecule has 0 atom stereocenters. The summed E-state index contributed by atoms with van der Waals surface area (Å²) in [6.45, 7) is 6.24. The molecule has 2 amide bonds. The molecule has 0 bridgehead atoms. The van der Waals surface area contributed by atoms with Gasteiger partial charge in [0.2, 0.25) is 11.8 Å². The lowest BCUT2D eigenvalue weighted by molar-refractivity contribution is -0.142. The summed E-state index contributed by atoms with van der Waals surface area (Å²) in [6.07, 6.45) is 0.0978. The van der Waals surface area contributed by atoms with E-state index < -0.39 is 11.7 Å². The molecule has 0 fully saturated rings. The molecule has 5 nitrogen and oxygen atoms in total. The van der Waals surface area contributed by atoms with Crippen molar-refractivity contribution in [3.63, 3.8) is 0 Å². The van der Waals surface area contributed by atoms with Gasteiger partial charge in [0.05, 0.1) is 12.1 Å². The molecule has 2 aromatic carbocycles. The second-order valence-corrected chi connectivity index (χ2v) is 9.34. The van der Waals surface area contributed by atoms with Crippen molar-refractivity contribution in [2.75, 3.05) is 13.1 Å². The van der Waals surface area contributed by atoms with Crippen LogP contribution in [0.15, 0.2) is 54.7 Å². The van der Waals surface area contributed by atoms with Crippen molar-refractivity contribution in [1.82, 2.24) is 14.8 Å². The first-order chi connectivity index (χ1) is 17.1. The number of aromatic amines is 1. The lowest BCUT2D eigenvalue weighted by atomic mass is 10.1. The van der Waals surface area contributed by atoms with E-state index in [1.807, 2.05) is 51.2 Å². The largest absolute Gasteiger partial charge is 0.416 e. The Morgan fingerprint density at radius 2 is 1.69 bits per heavy atom. The van der Waals surface area contributed by atoms with Crippen LogP contribution < -0.4 is 0 Å². The minimum atomic E-state index is -4.42. The maximum absolute atomic E-state index is 13.4. The Labute approximate surface area is 210 Å². The van der Waals surface area contributed by atoms with Crippen LogP contribution in [0.1, 0.15) is 56.7 Å². The van der Waals surface area contributed by atoms with Crippen molar-refractivity contribution in [3.8, 4) is 0 Å². The van der Waals surface area contributed by atoms with Crippen LogP contribution >= 0.6 is 0 Å². The van der Waals surface area contributed by atoms with E-state index in [0.29, 0.717) is 24.9 Å². The number of aromatic nitrogens is 1. The third kappa shape index (κ3) is 7.12. The summed E-state index contributed by atoms with van der Waals surface area (Å²) >= 11 is 0. The van der Waals surface area contributed by atoms with Gasteiger partial charge in [0, 0.05) is 42.7 Å². The van der Waals surface area contributed by atoms with E-state index in [2.05, 4.69) is 4.98 Å². The van der Waals surface area contributed by atoms with E-state index in [4.69, 9.17) is 0 Å². The van der Waals surface area contributed by atoms with E-state index in [-0.39, 0.29) is 30.9 Å². The quantitative estimate of drug-likeness (QED) is 0.341. The predicted octanol–water partition coefficient (Wildman–Crippen LogP) is 6.19. The molecule has 0 radical (unpaired) electrons. The summed E-state index contributed by atoms with van der Waals surface area (Å²) in [5.74, 6) is -0.292. The Bertz CT molecular complexity index is 1150. The standard InChI is InChI=1S/C28H34F3N3O2/c1-4-5-10-26(35)34(20(2)3)19-27(36)33(18-21-11-13-23(14-12-21)28(29,30)31)16-15-22-17-32-25-9-7-6-8-24(22)25/h6-9,11-14,17,20,32H,4-5,10,15-16,18-19H2,1-3H3. The van der Waals surface area contributed by atoms with Gasteiger partial charge in [-0.25, -0.2) is 0 Å². The van der Waals surface area contributed by atoms with Gasteiger partial charge >= 0.3 is 6.18 Å². The Morgan fingerprint density at radius 3 is 2.33 bits per heavy atom. The van der Waals surface area contributed by atoms with E-state index in [1.165, 1.54) is 12.1 Å². The second kappa shape index (κ2) is 12.1. The van der Waals surface area contributed by atoms with Crippen LogP contribution in [0.25, 0.3) is 10.9 Å². The number of rotatable bonds is 11. The number of unbranched alkanes of at least 4 members (excludes halogenated alkanes) is 1. The summed E-state index contributed by atoms with van der Waals surface area (Å²) in [4.78, 5) is 32.6. The summed E-state index contributed by atoms with van der Waals surface area (Å²) in [6, 6.07) is 12.6. The zero-order valence-corrected chi connectivity index (χ0v) is 21.1. The molecule has 3 aromatic rings. The molecular weight excluding hydrogens is 467 g/mol. The van der Waals surface area contributed by atoms with Gasteiger partial charge in [0.15, 0.2) is 0 Å². The molecule has 0 saturated carbocycles. The number of hydrogen-bond acceptors (Lipinski definition) is 2. The van der Waals surface area contributed by atoms with Gasteiger partial charge in [-0.2, -0.15) is 13.2 Å². The molecule has 0 saturated heterocycles. The molecule has 0 aliphatic heterocycles. The maximum atomic E-state index is 13.4. The van der Waals surface area contributed by atoms with Crippen LogP contribution in [0.3, 0.4) is 0 Å². The zero-order valence-electron chi connectivity index (χ0n) is 21.1. The number of fused-ring (bicyclic) bond motifs is 1. The highest BCUT2D eigenvalue weighted by atomic mass is 19.4. The van der Waals surface area contributed by atoms with Crippen LogP contribution in [0.2, 0.25) is 0 Å². The van der Waals surface area contributed by atoms with Crippen molar-refractivity contribution in [1.29, 1.82) is 0 Å². The average Bonchev–Trinajstić information content (AvgIpc) is 3.26. The lowest BCUT2D eigenvalue weighted by Crippen LogP contribution is -2.46. The number of H-pyrrole nitrogens is 1. The van der Waals surface area contributed by atoms with E-state index in [0.717, 1.165) is 41.4 Å². The van der Waals surface area contributed by atoms with Crippen LogP contribution in [0, 0.1) is 0 Å². The molecule has 194 valence electrons. The lowest BCUT2D eigenvalue weighted by Gasteiger charge is -2.30. The van der Waals surface area contributed by atoms with Gasteiger partial charge in [0.25, 0.3) is 0 Å². The number of benzene rings is 2. The number of halogens is 3. The van der Waals surface area contributed by atoms with Crippen LogP contribution in [-0.4, -0.2) is 45.7 Å². The predicted molar refractivity (Wildman–Crippen MR) is 135 cm³/mol. The first-order valence-corrected chi connectivity index (χ1v) is 12.4. The number of amides is 2. The smallest absolute Gasteiger partial charge is 0.361 e. The van der Waals surface area contributed by atoms with Gasteiger partial charge < -0.3 is 14.8 Å². The molecule has 0 aliphatic rings. The first-order valence-electron chi connectivity index (χ1n) is 12.4. The van der Waals surface area contributed by atoms with Crippen LogP contribution in [-0.2, 0) is 28.7 Å². The Balaban J connectivity index is 1.80. The van der Waals surface area contributed by atoms with E-state index in [9.17, 15) is 22.8 Å². The molecule has 36 heavy (non-hydrogen) atoms. The first kappa shape index (κ1) is 27.3. The zero-order chi connectivity index (χ0) is 26.3. The number of para-hydroxylation sites is 1. The third-order valence-electron chi connectivity index (χ3n) is 6.33. The van der Waals surface area contributed by atoms with Crippen molar-refractivity contribution >= 4 is 22.7 Å². The molecule has 0 spiro atoms. The number of nitrogens with zero attached hydrogens (tertiary/aromatic N) is 2. The fourth-order valence-electron chi connectivity index (χ4n) is 4.18. The SMILES string of the molecule is CCCCC(=O)N(CC(=O)N(CCc1c[nH]c2ccccc12)Cc1ccc(C(F)(F)F)cc1)C(C)C. The molecule has 8 heteroatoms. The Kier molecular flexibility index (Phi) is 9.18. The van der Waals surface area contributed by atoms with Crippen molar-refractivity contribution < 1.29 is 22.8 Å². The van der Waals surface area contributed by atoms with Gasteiger partial charge in [-0.05, 0) is 56.0 Å². The van der Waals surface area contributed by atoms with Crippen molar-refractivity contribution in [2.45, 2.75) is 65.2 Å². The highest BCUT2D eigenvalue weighted by Gasteiger charge is 2.30. The molecule has 1 N–H and O–H groups in total. The highest BCUT2D eigenvalue weighted by molar-refractivity contribution is 5.85. The maximum Gasteiger partial charge on any atom is 0.416 e. The monoisotopic (exact) mass is 501 g/mol. The molecule has 0 unspecified atom stereocenters. The molecule has 3 rings (SSSR count). The number of alkyl halides is 3. The fraction of sp³-hybridized carbons (Fsp3) is 0.429. The van der Waals surface area contributed by atoms with Gasteiger partial charge in [-0.15, -0.1) is 0 Å². The molecule has 0 aliphatic carbocycles. The summed E-state index contributed by atoms with van der Waals surface area (Å²) < 4.78 is 39.0. The number of nitrogens with one attached hydrogen (secondary N) is 1. The Morgan fingerprint density at radius 1 is 1.00 bits per heavy atom. The topological polar surface area (TPSA) is 56.4 Å². The number of carbonyl (C=O) groups is 2. The second-order valence-electron chi connectivity index (χ2n) is 9.34. The third-order valence-corrected chi connectivity index (χ3v) is 6.33. The highest BCUT2D eigenvalue weighted by Crippen LogP contribution is 2.29. The normalized spacial score (nSPS) is 11.8.